The van der Waals surface area contributed by atoms with E-state index < -0.39 is 5.92 Å². The van der Waals surface area contributed by atoms with E-state index >= 15 is 8.78 Å². The summed E-state index contributed by atoms with van der Waals surface area (Å²) in [6, 6.07) is 21.1. The number of hydrogen-bond donors (Lipinski definition) is 0. The van der Waals surface area contributed by atoms with Gasteiger partial charge in [-0.05, 0) is 39.9 Å². The molecule has 0 saturated carbocycles. The van der Waals surface area contributed by atoms with Crippen molar-refractivity contribution in [3.63, 3.8) is 0 Å². The van der Waals surface area contributed by atoms with Crippen LogP contribution < -0.4 is 10.4 Å². The lowest BCUT2D eigenvalue weighted by Crippen LogP contribution is -2.18. The molecule has 0 spiro atoms. The third kappa shape index (κ3) is 2.68. The Balaban J connectivity index is 1.75. The highest BCUT2D eigenvalue weighted by Crippen LogP contribution is 2.51. The highest BCUT2D eigenvalue weighted by Gasteiger charge is 2.40. The Bertz CT molecular complexity index is 1470. The number of benzene rings is 3. The van der Waals surface area contributed by atoms with Crippen LogP contribution >= 0.6 is 23.5 Å². The quantitative estimate of drug-likeness (QED) is 0.538. The van der Waals surface area contributed by atoms with Gasteiger partial charge in [0.15, 0.2) is 0 Å². The van der Waals surface area contributed by atoms with Crippen LogP contribution in [0.25, 0.3) is 9.81 Å². The van der Waals surface area contributed by atoms with E-state index in [2.05, 4.69) is 0 Å². The molecule has 3 aromatic carbocycles. The lowest BCUT2D eigenvalue weighted by atomic mass is 10.0. The fraction of sp³-hybridized carbons (Fsp3) is 0.0435. The average Bonchev–Trinajstić information content (AvgIpc) is 3.26. The number of hydrogen-bond acceptors (Lipinski definition) is 4. The van der Waals surface area contributed by atoms with Crippen molar-refractivity contribution in [2.24, 2.45) is 0 Å². The number of halogens is 2. The first-order valence-corrected chi connectivity index (χ1v) is 10.3. The van der Waals surface area contributed by atoms with Crippen LogP contribution in [0.3, 0.4) is 0 Å². The first-order chi connectivity index (χ1) is 14.0. The fourth-order valence-corrected chi connectivity index (χ4v) is 6.09. The monoisotopic (exact) mass is 416 g/mol. The summed E-state index contributed by atoms with van der Waals surface area (Å²) in [7, 11) is 0. The van der Waals surface area contributed by atoms with Crippen LogP contribution in [0.5, 0.6) is 0 Å². The summed E-state index contributed by atoms with van der Waals surface area (Å²) in [6.07, 6.45) is 0. The second kappa shape index (κ2) is 6.49. The first kappa shape index (κ1) is 18.0. The van der Waals surface area contributed by atoms with E-state index in [1.807, 2.05) is 30.3 Å². The second-order valence-electron chi connectivity index (χ2n) is 6.63. The molecule has 3 aromatic rings. The van der Waals surface area contributed by atoms with Gasteiger partial charge in [0.05, 0.1) is 4.24 Å². The number of nitrogens with zero attached hydrogens (tertiary/aromatic N) is 2. The van der Waals surface area contributed by atoms with Gasteiger partial charge in [-0.15, -0.1) is 0 Å². The van der Waals surface area contributed by atoms with E-state index in [9.17, 15) is 0 Å². The van der Waals surface area contributed by atoms with Crippen LogP contribution in [0.4, 0.5) is 8.78 Å². The minimum atomic E-state index is -3.19. The molecule has 0 fully saturated rings. The van der Waals surface area contributed by atoms with Crippen LogP contribution in [0.15, 0.2) is 70.5 Å². The van der Waals surface area contributed by atoms with Gasteiger partial charge >= 0.3 is 0 Å². The van der Waals surface area contributed by atoms with Crippen LogP contribution in [0.2, 0.25) is 0 Å². The third-order valence-electron chi connectivity index (χ3n) is 5.01. The molecule has 0 amide bonds. The van der Waals surface area contributed by atoms with Gasteiger partial charge in [-0.1, -0.05) is 59.9 Å². The lowest BCUT2D eigenvalue weighted by molar-refractivity contribution is 0.0452. The van der Waals surface area contributed by atoms with Crippen LogP contribution in [0, 0.1) is 33.1 Å². The molecule has 0 atom stereocenters. The highest BCUT2D eigenvalue weighted by molar-refractivity contribution is 8.32. The number of alkyl halides is 2. The Kier molecular flexibility index (Phi) is 4.03. The van der Waals surface area contributed by atoms with Crippen molar-refractivity contribution >= 4 is 33.3 Å². The van der Waals surface area contributed by atoms with Crippen LogP contribution in [0.1, 0.15) is 11.1 Å². The Hall–Kier alpha value is -3.06. The van der Waals surface area contributed by atoms with Gasteiger partial charge in [0.25, 0.3) is 5.92 Å². The predicted octanol–water partition coefficient (Wildman–Crippen LogP) is 4.59. The normalized spacial score (nSPS) is 15.1. The summed E-state index contributed by atoms with van der Waals surface area (Å²) < 4.78 is 31.6. The Morgan fingerprint density at radius 3 is 2.00 bits per heavy atom. The Morgan fingerprint density at radius 2 is 1.38 bits per heavy atom. The number of fused-ring (bicyclic) bond motifs is 3. The number of thioether (sulfide) groups is 2. The van der Waals surface area contributed by atoms with Crippen molar-refractivity contribution in [2.45, 2.75) is 15.7 Å². The molecule has 5 rings (SSSR count). The fourth-order valence-electron chi connectivity index (χ4n) is 3.62. The zero-order valence-electron chi connectivity index (χ0n) is 14.7. The third-order valence-corrected chi connectivity index (χ3v) is 7.63. The molecule has 2 aliphatic rings. The number of nitriles is 2. The predicted molar refractivity (Wildman–Crippen MR) is 109 cm³/mol. The molecule has 0 saturated heterocycles. The largest absolute Gasteiger partial charge is 0.299 e. The summed E-state index contributed by atoms with van der Waals surface area (Å²) in [6.45, 7) is 0. The van der Waals surface area contributed by atoms with Crippen molar-refractivity contribution in [1.82, 2.24) is 0 Å². The summed E-state index contributed by atoms with van der Waals surface area (Å²) in [5.74, 6) is -3.19. The molecule has 2 nitrogen and oxygen atoms in total. The van der Waals surface area contributed by atoms with E-state index in [1.54, 1.807) is 59.9 Å². The Labute approximate surface area is 173 Å². The van der Waals surface area contributed by atoms with Crippen molar-refractivity contribution in [2.75, 3.05) is 0 Å². The van der Waals surface area contributed by atoms with Crippen molar-refractivity contribution in [1.29, 1.82) is 10.5 Å². The minimum Gasteiger partial charge on any atom is -0.196 e. The molecule has 0 radical (unpaired) electrons. The van der Waals surface area contributed by atoms with Gasteiger partial charge in [0.1, 0.15) is 17.7 Å². The van der Waals surface area contributed by atoms with E-state index in [0.717, 1.165) is 19.2 Å². The summed E-state index contributed by atoms with van der Waals surface area (Å²) in [5, 5.41) is 20.0. The smallest absolute Gasteiger partial charge is 0.196 e. The average molecular weight is 416 g/mol. The number of rotatable bonds is 0. The second-order valence-corrected chi connectivity index (χ2v) is 8.99. The van der Waals surface area contributed by atoms with Crippen LogP contribution in [-0.2, 0) is 5.92 Å². The topological polar surface area (TPSA) is 47.6 Å². The lowest BCUT2D eigenvalue weighted by Gasteiger charge is -2.13. The Morgan fingerprint density at radius 1 is 0.793 bits per heavy atom. The maximum atomic E-state index is 15.3. The summed E-state index contributed by atoms with van der Waals surface area (Å²) in [5.41, 5.74) is -0.375. The SMILES string of the molecule is N#CC(C#N)=c1ccc2c(c1)C(F)(F)c1cc(=C3Sc4ccccc4S3)ccc1=2. The molecule has 0 bridgehead atoms. The first-order valence-electron chi connectivity index (χ1n) is 8.70. The van der Waals surface area contributed by atoms with Crippen molar-refractivity contribution in [3.8, 4) is 12.1 Å². The molecule has 0 unspecified atom stereocenters. The van der Waals surface area contributed by atoms with E-state index in [-0.39, 0.29) is 21.9 Å². The van der Waals surface area contributed by atoms with E-state index in [1.165, 1.54) is 6.07 Å². The van der Waals surface area contributed by atoms with Crippen molar-refractivity contribution < 1.29 is 8.78 Å². The molecular formula is C23H10F2N2S2. The molecular weight excluding hydrogens is 406 g/mol. The zero-order valence-corrected chi connectivity index (χ0v) is 16.4. The molecule has 1 aliphatic carbocycles. The van der Waals surface area contributed by atoms with Gasteiger partial charge < -0.3 is 0 Å². The maximum Gasteiger partial charge on any atom is 0.299 e. The molecule has 138 valence electrons. The molecule has 1 aliphatic heterocycles. The zero-order chi connectivity index (χ0) is 20.2. The standard InChI is InChI=1S/C23H10F2N2S2/c24-23(25)18-9-13(15(11-26)12-27)5-7-16(18)17-8-6-14(10-19(17)23)22-28-20-3-1-2-4-21(20)29-22/h1-10H. The van der Waals surface area contributed by atoms with E-state index in [0.29, 0.717) is 10.4 Å². The van der Waals surface area contributed by atoms with Crippen LogP contribution in [-0.4, -0.2) is 0 Å². The van der Waals surface area contributed by atoms with Gasteiger partial charge in [-0.25, -0.2) is 0 Å². The molecule has 29 heavy (non-hydrogen) atoms. The van der Waals surface area contributed by atoms with Gasteiger partial charge in [-0.3, -0.25) is 0 Å². The molecule has 0 aromatic heterocycles. The van der Waals surface area contributed by atoms with Gasteiger partial charge in [0, 0.05) is 26.1 Å². The highest BCUT2D eigenvalue weighted by atomic mass is 32.2. The van der Waals surface area contributed by atoms with Gasteiger partial charge in [0.2, 0.25) is 0 Å². The van der Waals surface area contributed by atoms with E-state index in [4.69, 9.17) is 10.5 Å². The minimum absolute atomic E-state index is 0.0396. The molecule has 0 N–H and O–H groups in total. The maximum absolute atomic E-state index is 15.3. The molecule has 6 heteroatoms. The van der Waals surface area contributed by atoms with Gasteiger partial charge in [-0.2, -0.15) is 19.3 Å². The summed E-state index contributed by atoms with van der Waals surface area (Å²) >= 11 is 3.18. The van der Waals surface area contributed by atoms with Crippen molar-refractivity contribution in [3.05, 3.63) is 92.7 Å². The summed E-state index contributed by atoms with van der Waals surface area (Å²) in [4.78, 5) is 2.26. The molecule has 1 heterocycles.